The van der Waals surface area contributed by atoms with Crippen LogP contribution in [0.4, 0.5) is 0 Å². The lowest BCUT2D eigenvalue weighted by Gasteiger charge is -2.18. The van der Waals surface area contributed by atoms with E-state index in [1.54, 1.807) is 0 Å². The van der Waals surface area contributed by atoms with Crippen LogP contribution < -0.4 is 0 Å². The number of carbonyl (C=O) groups excluding carboxylic acids is 3. The number of esters is 3. The topological polar surface area (TPSA) is 78.9 Å². The van der Waals surface area contributed by atoms with Crippen LogP contribution in [0.3, 0.4) is 0 Å². The van der Waals surface area contributed by atoms with Gasteiger partial charge in [0.1, 0.15) is 13.2 Å². The molecule has 70 heavy (non-hydrogen) atoms. The van der Waals surface area contributed by atoms with Crippen LogP contribution in [0, 0.1) is 0 Å². The standard InChI is InChI=1S/C64H118O6/c1-4-7-10-13-16-19-22-25-28-29-30-31-32-33-34-37-39-42-45-48-51-54-57-63(66)69-60-61(70-64(67)58-55-52-49-46-43-40-36-27-24-21-18-15-12-9-6-3)59-68-62(65)56-53-50-47-44-41-38-35-26-23-20-17-14-11-8-5-2/h9,12,18,21,27,36,61H,4-8,10-11,13-17,19-20,22-26,28-35,37-60H2,1-3H3/b12-9-,21-18-,36-27-. The second-order valence-corrected chi connectivity index (χ2v) is 21.0. The Kier molecular flexibility index (Phi) is 57.2. The zero-order valence-corrected chi connectivity index (χ0v) is 47.1. The molecular weight excluding hydrogens is 865 g/mol. The highest BCUT2D eigenvalue weighted by Gasteiger charge is 2.19. The summed E-state index contributed by atoms with van der Waals surface area (Å²) < 4.78 is 16.9. The summed E-state index contributed by atoms with van der Waals surface area (Å²) >= 11 is 0. The van der Waals surface area contributed by atoms with Crippen LogP contribution in [-0.2, 0) is 28.6 Å². The summed E-state index contributed by atoms with van der Waals surface area (Å²) in [5.41, 5.74) is 0. The van der Waals surface area contributed by atoms with Crippen molar-refractivity contribution in [2.75, 3.05) is 13.2 Å². The molecule has 0 aromatic heterocycles. The quantitative estimate of drug-likeness (QED) is 0.0261. The molecule has 0 rings (SSSR count). The minimum absolute atomic E-state index is 0.0741. The van der Waals surface area contributed by atoms with Crippen molar-refractivity contribution in [2.24, 2.45) is 0 Å². The summed E-state index contributed by atoms with van der Waals surface area (Å²) in [7, 11) is 0. The van der Waals surface area contributed by atoms with Crippen LogP contribution in [0.1, 0.15) is 335 Å². The highest BCUT2D eigenvalue weighted by molar-refractivity contribution is 5.71. The number of rotatable bonds is 57. The van der Waals surface area contributed by atoms with E-state index < -0.39 is 6.10 Å². The Balaban J connectivity index is 4.28. The van der Waals surface area contributed by atoms with Crippen LogP contribution in [0.2, 0.25) is 0 Å². The smallest absolute Gasteiger partial charge is 0.306 e. The van der Waals surface area contributed by atoms with Gasteiger partial charge in [0, 0.05) is 19.3 Å². The van der Waals surface area contributed by atoms with Gasteiger partial charge in [0.25, 0.3) is 0 Å². The average Bonchev–Trinajstić information content (AvgIpc) is 3.36. The molecule has 0 aliphatic rings. The summed E-state index contributed by atoms with van der Waals surface area (Å²) in [5, 5.41) is 0. The Bertz CT molecular complexity index is 1170. The maximum absolute atomic E-state index is 12.9. The normalized spacial score (nSPS) is 12.2. The fourth-order valence-corrected chi connectivity index (χ4v) is 9.28. The van der Waals surface area contributed by atoms with Gasteiger partial charge in [0.2, 0.25) is 0 Å². The number of hydrogen-bond donors (Lipinski definition) is 0. The Morgan fingerprint density at radius 2 is 0.557 bits per heavy atom. The first kappa shape index (κ1) is 67.6. The molecule has 0 radical (unpaired) electrons. The number of ether oxygens (including phenoxy) is 3. The van der Waals surface area contributed by atoms with Crippen molar-refractivity contribution in [1.29, 1.82) is 0 Å². The monoisotopic (exact) mass is 983 g/mol. The number of hydrogen-bond acceptors (Lipinski definition) is 6. The lowest BCUT2D eigenvalue weighted by Crippen LogP contribution is -2.30. The molecule has 0 N–H and O–H groups in total. The second-order valence-electron chi connectivity index (χ2n) is 21.0. The summed E-state index contributed by atoms with van der Waals surface area (Å²) in [6, 6.07) is 0. The lowest BCUT2D eigenvalue weighted by molar-refractivity contribution is -0.167. The fourth-order valence-electron chi connectivity index (χ4n) is 9.28. The molecule has 0 saturated carbocycles. The van der Waals surface area contributed by atoms with Crippen molar-refractivity contribution in [3.8, 4) is 0 Å². The van der Waals surface area contributed by atoms with Crippen LogP contribution in [0.5, 0.6) is 0 Å². The molecule has 0 aliphatic carbocycles. The predicted octanol–water partition coefficient (Wildman–Crippen LogP) is 20.8. The van der Waals surface area contributed by atoms with Crippen LogP contribution in [0.25, 0.3) is 0 Å². The maximum Gasteiger partial charge on any atom is 0.306 e. The van der Waals surface area contributed by atoms with Gasteiger partial charge in [-0.25, -0.2) is 0 Å². The van der Waals surface area contributed by atoms with E-state index in [2.05, 4.69) is 57.2 Å². The summed E-state index contributed by atoms with van der Waals surface area (Å²) in [4.78, 5) is 38.2. The molecular formula is C64H118O6. The molecule has 6 heteroatoms. The van der Waals surface area contributed by atoms with Gasteiger partial charge < -0.3 is 14.2 Å². The number of unbranched alkanes of at least 4 members (excludes halogenated alkanes) is 40. The average molecular weight is 984 g/mol. The van der Waals surface area contributed by atoms with Crippen molar-refractivity contribution >= 4 is 17.9 Å². The Labute approximate surface area is 435 Å². The first-order chi connectivity index (χ1) is 34.5. The molecule has 1 atom stereocenters. The van der Waals surface area contributed by atoms with Crippen molar-refractivity contribution in [1.82, 2.24) is 0 Å². The van der Waals surface area contributed by atoms with Gasteiger partial charge in [-0.3, -0.25) is 14.4 Å². The number of allylic oxidation sites excluding steroid dienone is 6. The highest BCUT2D eigenvalue weighted by atomic mass is 16.6. The van der Waals surface area contributed by atoms with Crippen LogP contribution in [0.15, 0.2) is 36.5 Å². The van der Waals surface area contributed by atoms with Gasteiger partial charge in [0.15, 0.2) is 6.10 Å². The van der Waals surface area contributed by atoms with Crippen molar-refractivity contribution in [3.05, 3.63) is 36.5 Å². The highest BCUT2D eigenvalue weighted by Crippen LogP contribution is 2.18. The maximum atomic E-state index is 12.9. The Hall–Kier alpha value is -2.37. The first-order valence-electron chi connectivity index (χ1n) is 31.0. The van der Waals surface area contributed by atoms with E-state index in [0.717, 1.165) is 96.3 Å². The number of carbonyl (C=O) groups is 3. The van der Waals surface area contributed by atoms with Gasteiger partial charge in [-0.2, -0.15) is 0 Å². The molecule has 1 unspecified atom stereocenters. The molecule has 0 bridgehead atoms. The van der Waals surface area contributed by atoms with E-state index >= 15 is 0 Å². The molecule has 0 heterocycles. The molecule has 410 valence electrons. The molecule has 0 aliphatic heterocycles. The van der Waals surface area contributed by atoms with E-state index in [0.29, 0.717) is 19.3 Å². The third kappa shape index (κ3) is 56.5. The van der Waals surface area contributed by atoms with Crippen molar-refractivity contribution in [3.63, 3.8) is 0 Å². The lowest BCUT2D eigenvalue weighted by atomic mass is 10.0. The molecule has 0 aromatic rings. The summed E-state index contributed by atoms with van der Waals surface area (Å²) in [5.74, 6) is -0.868. The van der Waals surface area contributed by atoms with Crippen LogP contribution in [-0.4, -0.2) is 37.2 Å². The second kappa shape index (κ2) is 59.2. The van der Waals surface area contributed by atoms with Gasteiger partial charge in [-0.05, 0) is 51.4 Å². The van der Waals surface area contributed by atoms with Gasteiger partial charge in [-0.15, -0.1) is 0 Å². The van der Waals surface area contributed by atoms with Crippen molar-refractivity contribution in [2.45, 2.75) is 341 Å². The third-order valence-corrected chi connectivity index (χ3v) is 13.9. The molecule has 0 amide bonds. The SMILES string of the molecule is CC/C=C\C/C=C\C/C=C\CCCCCCCC(=O)OC(COC(=O)CCCCCCCCCCCCCCCCC)COC(=O)CCCCCCCCCCCCCCCCCCCCCCCC. The third-order valence-electron chi connectivity index (χ3n) is 13.9. The molecule has 6 nitrogen and oxygen atoms in total. The van der Waals surface area contributed by atoms with Gasteiger partial charge in [0.05, 0.1) is 0 Å². The summed E-state index contributed by atoms with van der Waals surface area (Å²) in [6.07, 6.45) is 71.5. The van der Waals surface area contributed by atoms with E-state index in [1.165, 1.54) is 199 Å². The largest absolute Gasteiger partial charge is 0.462 e. The first-order valence-corrected chi connectivity index (χ1v) is 31.0. The zero-order valence-electron chi connectivity index (χ0n) is 47.1. The summed E-state index contributed by atoms with van der Waals surface area (Å²) in [6.45, 7) is 6.57. The molecule has 0 fully saturated rings. The van der Waals surface area contributed by atoms with E-state index in [4.69, 9.17) is 14.2 Å². The van der Waals surface area contributed by atoms with Crippen LogP contribution >= 0.6 is 0 Å². The molecule has 0 spiro atoms. The van der Waals surface area contributed by atoms with E-state index in [1.807, 2.05) is 0 Å². The minimum Gasteiger partial charge on any atom is -0.462 e. The zero-order chi connectivity index (χ0) is 50.7. The molecule has 0 saturated heterocycles. The Morgan fingerprint density at radius 3 is 0.871 bits per heavy atom. The van der Waals surface area contributed by atoms with Gasteiger partial charge in [-0.1, -0.05) is 301 Å². The predicted molar refractivity (Wildman–Crippen MR) is 302 cm³/mol. The van der Waals surface area contributed by atoms with Gasteiger partial charge >= 0.3 is 17.9 Å². The fraction of sp³-hybridized carbons (Fsp3) is 0.859. The molecule has 0 aromatic carbocycles. The van der Waals surface area contributed by atoms with Crippen molar-refractivity contribution < 1.29 is 28.6 Å². The van der Waals surface area contributed by atoms with E-state index in [-0.39, 0.29) is 31.1 Å². The van der Waals surface area contributed by atoms with E-state index in [9.17, 15) is 14.4 Å². The minimum atomic E-state index is -0.777. The Morgan fingerprint density at radius 1 is 0.300 bits per heavy atom.